The Labute approximate surface area is 121 Å². The number of ether oxygens (including phenoxy) is 1. The molecule has 2 aromatic rings. The SMILES string of the molecule is COc1ccc(NC2=CC(=O)c3cccc(=O)cc32)cc1. The second-order valence-corrected chi connectivity index (χ2v) is 4.68. The van der Waals surface area contributed by atoms with Crippen LogP contribution in [0.25, 0.3) is 5.70 Å². The van der Waals surface area contributed by atoms with Crippen molar-refractivity contribution in [2.45, 2.75) is 0 Å². The number of nitrogens with one attached hydrogen (secondary N) is 1. The van der Waals surface area contributed by atoms with Crippen LogP contribution in [0.1, 0.15) is 15.9 Å². The van der Waals surface area contributed by atoms with Crippen LogP contribution in [0.15, 0.2) is 59.4 Å². The zero-order valence-electron chi connectivity index (χ0n) is 11.4. The normalized spacial score (nSPS) is 12.6. The van der Waals surface area contributed by atoms with E-state index in [1.165, 1.54) is 18.2 Å². The molecule has 1 N–H and O–H groups in total. The van der Waals surface area contributed by atoms with Gasteiger partial charge in [-0.2, -0.15) is 0 Å². The summed E-state index contributed by atoms with van der Waals surface area (Å²) in [7, 11) is 1.60. The van der Waals surface area contributed by atoms with Crippen molar-refractivity contribution in [3.8, 4) is 5.75 Å². The highest BCUT2D eigenvalue weighted by Gasteiger charge is 2.20. The van der Waals surface area contributed by atoms with E-state index in [9.17, 15) is 9.59 Å². The van der Waals surface area contributed by atoms with Crippen molar-refractivity contribution in [1.82, 2.24) is 0 Å². The summed E-state index contributed by atoms with van der Waals surface area (Å²) in [6.45, 7) is 0. The van der Waals surface area contributed by atoms with Crippen molar-refractivity contribution in [2.75, 3.05) is 12.4 Å². The predicted octanol–water partition coefficient (Wildman–Crippen LogP) is 2.70. The van der Waals surface area contributed by atoms with Gasteiger partial charge in [-0.1, -0.05) is 12.1 Å². The van der Waals surface area contributed by atoms with Crippen molar-refractivity contribution < 1.29 is 9.53 Å². The number of benzene rings is 1. The number of methoxy groups -OCH3 is 1. The van der Waals surface area contributed by atoms with E-state index in [4.69, 9.17) is 4.74 Å². The summed E-state index contributed by atoms with van der Waals surface area (Å²) in [6.07, 6.45) is 1.51. The first-order valence-electron chi connectivity index (χ1n) is 6.49. The highest BCUT2D eigenvalue weighted by molar-refractivity contribution is 6.17. The smallest absolute Gasteiger partial charge is 0.188 e. The molecule has 0 fully saturated rings. The van der Waals surface area contributed by atoms with Gasteiger partial charge in [-0.3, -0.25) is 9.59 Å². The van der Waals surface area contributed by atoms with Gasteiger partial charge in [-0.25, -0.2) is 0 Å². The summed E-state index contributed by atoms with van der Waals surface area (Å²) in [6, 6.07) is 13.5. The minimum atomic E-state index is -0.131. The van der Waals surface area contributed by atoms with Crippen LogP contribution in [-0.4, -0.2) is 12.9 Å². The zero-order chi connectivity index (χ0) is 14.8. The molecule has 0 aromatic heterocycles. The van der Waals surface area contributed by atoms with Crippen molar-refractivity contribution in [1.29, 1.82) is 0 Å². The first kappa shape index (κ1) is 13.1. The van der Waals surface area contributed by atoms with Gasteiger partial charge in [0.25, 0.3) is 0 Å². The molecule has 0 amide bonds. The molecule has 0 atom stereocenters. The molecule has 0 radical (unpaired) electrons. The summed E-state index contributed by atoms with van der Waals surface area (Å²) in [5, 5.41) is 3.17. The second kappa shape index (κ2) is 5.25. The molecule has 0 spiro atoms. The maximum Gasteiger partial charge on any atom is 0.188 e. The molecule has 0 heterocycles. The van der Waals surface area contributed by atoms with Gasteiger partial charge in [0.15, 0.2) is 11.2 Å². The van der Waals surface area contributed by atoms with E-state index in [1.54, 1.807) is 19.2 Å². The highest BCUT2D eigenvalue weighted by Crippen LogP contribution is 2.27. The lowest BCUT2D eigenvalue weighted by Gasteiger charge is -2.08. The number of ketones is 1. The lowest BCUT2D eigenvalue weighted by Crippen LogP contribution is -2.00. The molecule has 0 saturated heterocycles. The zero-order valence-corrected chi connectivity index (χ0v) is 11.4. The first-order chi connectivity index (χ1) is 10.2. The molecule has 2 aromatic carbocycles. The van der Waals surface area contributed by atoms with Crippen LogP contribution in [0.4, 0.5) is 5.69 Å². The maximum atomic E-state index is 12.0. The largest absolute Gasteiger partial charge is 0.497 e. The summed E-state index contributed by atoms with van der Waals surface area (Å²) < 4.78 is 5.10. The Morgan fingerprint density at radius 3 is 2.43 bits per heavy atom. The van der Waals surface area contributed by atoms with E-state index in [0.29, 0.717) is 16.8 Å². The molecule has 1 aliphatic rings. The van der Waals surface area contributed by atoms with Crippen LogP contribution in [0.3, 0.4) is 0 Å². The van der Waals surface area contributed by atoms with E-state index < -0.39 is 0 Å². The summed E-state index contributed by atoms with van der Waals surface area (Å²) in [4.78, 5) is 23.6. The number of carbonyl (C=O) groups is 1. The number of rotatable bonds is 3. The number of hydrogen-bond acceptors (Lipinski definition) is 4. The summed E-state index contributed by atoms with van der Waals surface area (Å²) >= 11 is 0. The molecule has 4 nitrogen and oxygen atoms in total. The molecule has 1 aliphatic carbocycles. The number of fused-ring (bicyclic) bond motifs is 1. The third-order valence-corrected chi connectivity index (χ3v) is 3.30. The number of allylic oxidation sites excluding steroid dienone is 1. The Bertz CT molecular complexity index is 792. The molecule has 21 heavy (non-hydrogen) atoms. The van der Waals surface area contributed by atoms with Crippen LogP contribution in [0.5, 0.6) is 5.75 Å². The predicted molar refractivity (Wildman–Crippen MR) is 81.6 cm³/mol. The minimum absolute atomic E-state index is 0.100. The topological polar surface area (TPSA) is 55.4 Å². The van der Waals surface area contributed by atoms with Gasteiger partial charge < -0.3 is 10.1 Å². The molecule has 104 valence electrons. The third kappa shape index (κ3) is 2.56. The van der Waals surface area contributed by atoms with Gasteiger partial charge >= 0.3 is 0 Å². The van der Waals surface area contributed by atoms with Gasteiger partial charge in [0, 0.05) is 22.9 Å². The van der Waals surface area contributed by atoms with Crippen molar-refractivity contribution in [2.24, 2.45) is 0 Å². The molecular formula is C17H13NO3. The van der Waals surface area contributed by atoms with Crippen LogP contribution >= 0.6 is 0 Å². The van der Waals surface area contributed by atoms with Gasteiger partial charge in [0.2, 0.25) is 0 Å². The Hall–Kier alpha value is -2.88. The van der Waals surface area contributed by atoms with E-state index in [1.807, 2.05) is 24.3 Å². The van der Waals surface area contributed by atoms with E-state index >= 15 is 0 Å². The van der Waals surface area contributed by atoms with Crippen LogP contribution in [0, 0.1) is 0 Å². The second-order valence-electron chi connectivity index (χ2n) is 4.68. The Balaban J connectivity index is 1.97. The van der Waals surface area contributed by atoms with Gasteiger partial charge in [-0.15, -0.1) is 0 Å². The first-order valence-corrected chi connectivity index (χ1v) is 6.49. The van der Waals surface area contributed by atoms with Crippen molar-refractivity contribution in [3.05, 3.63) is 76.0 Å². The van der Waals surface area contributed by atoms with Gasteiger partial charge in [-0.05, 0) is 36.4 Å². The standard InChI is InChI=1S/C17H13NO3/c1-21-13-7-5-11(6-8-13)18-16-10-17(20)14-4-2-3-12(19)9-15(14)16/h2-10,18H,1H3. The van der Waals surface area contributed by atoms with E-state index in [0.717, 1.165) is 11.4 Å². The average molecular weight is 279 g/mol. The molecule has 3 rings (SSSR count). The van der Waals surface area contributed by atoms with Crippen LogP contribution in [0.2, 0.25) is 0 Å². The summed E-state index contributed by atoms with van der Waals surface area (Å²) in [5.74, 6) is 0.655. The van der Waals surface area contributed by atoms with Gasteiger partial charge in [0.05, 0.1) is 12.8 Å². The number of carbonyl (C=O) groups excluding carboxylic acids is 1. The summed E-state index contributed by atoms with van der Waals surface area (Å²) in [5.41, 5.74) is 2.49. The average Bonchev–Trinajstić information content (AvgIpc) is 2.65. The van der Waals surface area contributed by atoms with Crippen LogP contribution in [-0.2, 0) is 0 Å². The van der Waals surface area contributed by atoms with E-state index in [2.05, 4.69) is 5.32 Å². The molecule has 0 bridgehead atoms. The number of anilines is 1. The van der Waals surface area contributed by atoms with Gasteiger partial charge in [0.1, 0.15) is 5.75 Å². The monoisotopic (exact) mass is 279 g/mol. The Kier molecular flexibility index (Phi) is 3.28. The quantitative estimate of drug-likeness (QED) is 0.938. The minimum Gasteiger partial charge on any atom is -0.497 e. The number of hydrogen-bond donors (Lipinski definition) is 1. The lowest BCUT2D eigenvalue weighted by molar-refractivity contribution is 0.105. The highest BCUT2D eigenvalue weighted by atomic mass is 16.5. The maximum absolute atomic E-state index is 12.0. The molecular weight excluding hydrogens is 266 g/mol. The third-order valence-electron chi connectivity index (χ3n) is 3.30. The lowest BCUT2D eigenvalue weighted by atomic mass is 10.1. The Morgan fingerprint density at radius 1 is 0.952 bits per heavy atom. The van der Waals surface area contributed by atoms with Crippen LogP contribution < -0.4 is 15.5 Å². The van der Waals surface area contributed by atoms with E-state index in [-0.39, 0.29) is 11.2 Å². The Morgan fingerprint density at radius 2 is 1.71 bits per heavy atom. The molecule has 0 saturated carbocycles. The molecule has 0 unspecified atom stereocenters. The fraction of sp³-hybridized carbons (Fsp3) is 0.0588. The van der Waals surface area contributed by atoms with Crippen molar-refractivity contribution in [3.63, 3.8) is 0 Å². The molecule has 0 aliphatic heterocycles. The molecule has 4 heteroatoms. The van der Waals surface area contributed by atoms with Crippen molar-refractivity contribution >= 4 is 17.2 Å². The fourth-order valence-corrected chi connectivity index (χ4v) is 2.25. The fourth-order valence-electron chi connectivity index (χ4n) is 2.25.